The third kappa shape index (κ3) is 5.90. The second-order valence-electron chi connectivity index (χ2n) is 4.33. The van der Waals surface area contributed by atoms with E-state index in [1.807, 2.05) is 12.1 Å². The highest BCUT2D eigenvalue weighted by Gasteiger charge is 2.04. The molecular weight excluding hydrogens is 242 g/mol. The Kier molecular flexibility index (Phi) is 6.43. The molecular formula is C14H21N3O2. The summed E-state index contributed by atoms with van der Waals surface area (Å²) in [4.78, 5) is 22.3. The van der Waals surface area contributed by atoms with Crippen molar-refractivity contribution < 1.29 is 9.59 Å². The van der Waals surface area contributed by atoms with E-state index < -0.39 is 0 Å². The van der Waals surface area contributed by atoms with Crippen molar-refractivity contribution in [1.82, 2.24) is 5.32 Å². The fourth-order valence-corrected chi connectivity index (χ4v) is 1.58. The largest absolute Gasteiger partial charge is 0.385 e. The summed E-state index contributed by atoms with van der Waals surface area (Å²) in [7, 11) is 0. The second-order valence-corrected chi connectivity index (χ2v) is 4.33. The Morgan fingerprint density at radius 2 is 1.84 bits per heavy atom. The Morgan fingerprint density at radius 3 is 2.42 bits per heavy atom. The molecule has 0 aromatic heterocycles. The van der Waals surface area contributed by atoms with Crippen molar-refractivity contribution in [2.24, 2.45) is 5.73 Å². The molecule has 0 aliphatic carbocycles. The number of benzene rings is 1. The highest BCUT2D eigenvalue weighted by Crippen LogP contribution is 2.09. The van der Waals surface area contributed by atoms with Crippen molar-refractivity contribution in [3.05, 3.63) is 29.8 Å². The summed E-state index contributed by atoms with van der Waals surface area (Å²) in [6, 6.07) is 7.32. The number of carbonyl (C=O) groups excluding carboxylic acids is 2. The van der Waals surface area contributed by atoms with Crippen LogP contribution >= 0.6 is 0 Å². The highest BCUT2D eigenvalue weighted by molar-refractivity contribution is 5.94. The molecule has 0 saturated carbocycles. The lowest BCUT2D eigenvalue weighted by Gasteiger charge is -2.07. The van der Waals surface area contributed by atoms with E-state index in [0.29, 0.717) is 24.9 Å². The fourth-order valence-electron chi connectivity index (χ4n) is 1.58. The molecule has 0 fully saturated rings. The van der Waals surface area contributed by atoms with Crippen LogP contribution in [0, 0.1) is 0 Å². The molecule has 0 heterocycles. The topological polar surface area (TPSA) is 84.2 Å². The van der Waals surface area contributed by atoms with Crippen LogP contribution < -0.4 is 16.4 Å². The van der Waals surface area contributed by atoms with E-state index in [4.69, 9.17) is 5.73 Å². The van der Waals surface area contributed by atoms with Gasteiger partial charge < -0.3 is 16.4 Å². The Balaban J connectivity index is 2.37. The lowest BCUT2D eigenvalue weighted by atomic mass is 10.2. The molecule has 4 N–H and O–H groups in total. The third-order valence-electron chi connectivity index (χ3n) is 2.61. The molecule has 0 bridgehead atoms. The minimum absolute atomic E-state index is 0.133. The number of hydrogen-bond donors (Lipinski definition) is 3. The molecule has 5 heteroatoms. The maximum Gasteiger partial charge on any atom is 0.251 e. The number of carbonyl (C=O) groups is 2. The molecule has 0 atom stereocenters. The number of anilines is 1. The minimum atomic E-state index is -0.347. The van der Waals surface area contributed by atoms with Gasteiger partial charge in [0.2, 0.25) is 5.91 Å². The number of rotatable bonds is 8. The number of primary amides is 1. The van der Waals surface area contributed by atoms with Crippen molar-refractivity contribution in [3.8, 4) is 0 Å². The summed E-state index contributed by atoms with van der Waals surface area (Å²) in [5.74, 6) is -0.480. The van der Waals surface area contributed by atoms with Crippen LogP contribution in [0.25, 0.3) is 0 Å². The first-order valence-electron chi connectivity index (χ1n) is 6.54. The van der Waals surface area contributed by atoms with E-state index in [0.717, 1.165) is 18.7 Å². The zero-order valence-electron chi connectivity index (χ0n) is 11.2. The van der Waals surface area contributed by atoms with Gasteiger partial charge in [0.25, 0.3) is 5.91 Å². The molecule has 0 aliphatic heterocycles. The van der Waals surface area contributed by atoms with Gasteiger partial charge in [-0.1, -0.05) is 6.92 Å². The summed E-state index contributed by atoms with van der Waals surface area (Å²) in [6.45, 7) is 3.47. The van der Waals surface area contributed by atoms with E-state index in [-0.39, 0.29) is 11.8 Å². The van der Waals surface area contributed by atoms with Crippen LogP contribution in [-0.2, 0) is 4.79 Å². The Labute approximate surface area is 113 Å². The van der Waals surface area contributed by atoms with Gasteiger partial charge in [0.05, 0.1) is 0 Å². The Morgan fingerprint density at radius 1 is 1.16 bits per heavy atom. The van der Waals surface area contributed by atoms with Gasteiger partial charge in [-0.25, -0.2) is 0 Å². The minimum Gasteiger partial charge on any atom is -0.385 e. The van der Waals surface area contributed by atoms with Crippen LogP contribution in [0.4, 0.5) is 5.69 Å². The first kappa shape index (κ1) is 15.0. The molecule has 0 radical (unpaired) electrons. The van der Waals surface area contributed by atoms with Gasteiger partial charge in [-0.05, 0) is 37.1 Å². The van der Waals surface area contributed by atoms with E-state index in [1.165, 1.54) is 0 Å². The third-order valence-corrected chi connectivity index (χ3v) is 2.61. The van der Waals surface area contributed by atoms with Gasteiger partial charge in [0.1, 0.15) is 0 Å². The first-order chi connectivity index (χ1) is 9.13. The SMILES string of the molecule is CCCNc1ccc(C(=O)NCCCC(N)=O)cc1. The standard InChI is InChI=1S/C14H21N3O2/c1-2-9-16-12-7-5-11(6-8-12)14(19)17-10-3-4-13(15)18/h5-8,16H,2-4,9-10H2,1H3,(H2,15,18)(H,17,19). The molecule has 1 aromatic carbocycles. The molecule has 2 amide bonds. The summed E-state index contributed by atoms with van der Waals surface area (Å²) in [6.07, 6.45) is 1.92. The van der Waals surface area contributed by atoms with Crippen molar-refractivity contribution in [2.75, 3.05) is 18.4 Å². The highest BCUT2D eigenvalue weighted by atomic mass is 16.2. The lowest BCUT2D eigenvalue weighted by molar-refractivity contribution is -0.118. The molecule has 1 aromatic rings. The van der Waals surface area contributed by atoms with Crippen LogP contribution in [0.15, 0.2) is 24.3 Å². The lowest BCUT2D eigenvalue weighted by Crippen LogP contribution is -2.25. The van der Waals surface area contributed by atoms with Gasteiger partial charge >= 0.3 is 0 Å². The first-order valence-corrected chi connectivity index (χ1v) is 6.54. The zero-order valence-corrected chi connectivity index (χ0v) is 11.2. The Hall–Kier alpha value is -2.04. The Bertz CT molecular complexity index is 415. The van der Waals surface area contributed by atoms with Crippen LogP contribution in [0.2, 0.25) is 0 Å². The molecule has 0 saturated heterocycles. The van der Waals surface area contributed by atoms with E-state index >= 15 is 0 Å². The summed E-state index contributed by atoms with van der Waals surface area (Å²) < 4.78 is 0. The molecule has 0 unspecified atom stereocenters. The summed E-state index contributed by atoms with van der Waals surface area (Å²) >= 11 is 0. The van der Waals surface area contributed by atoms with Gasteiger partial charge in [-0.2, -0.15) is 0 Å². The average Bonchev–Trinajstić information content (AvgIpc) is 2.41. The molecule has 0 aliphatic rings. The predicted molar refractivity (Wildman–Crippen MR) is 76.0 cm³/mol. The number of amides is 2. The van der Waals surface area contributed by atoms with Crippen molar-refractivity contribution >= 4 is 17.5 Å². The molecule has 19 heavy (non-hydrogen) atoms. The van der Waals surface area contributed by atoms with Crippen LogP contribution in [0.5, 0.6) is 0 Å². The van der Waals surface area contributed by atoms with Crippen molar-refractivity contribution in [1.29, 1.82) is 0 Å². The fraction of sp³-hybridized carbons (Fsp3) is 0.429. The van der Waals surface area contributed by atoms with Gasteiger partial charge in [0.15, 0.2) is 0 Å². The maximum absolute atomic E-state index is 11.8. The monoisotopic (exact) mass is 263 g/mol. The summed E-state index contributed by atoms with van der Waals surface area (Å²) in [5.41, 5.74) is 6.64. The average molecular weight is 263 g/mol. The van der Waals surface area contributed by atoms with Gasteiger partial charge in [0, 0.05) is 30.8 Å². The van der Waals surface area contributed by atoms with Crippen LogP contribution in [0.1, 0.15) is 36.5 Å². The second kappa shape index (κ2) is 8.13. The van der Waals surface area contributed by atoms with Crippen LogP contribution in [-0.4, -0.2) is 24.9 Å². The van der Waals surface area contributed by atoms with E-state index in [9.17, 15) is 9.59 Å². The van der Waals surface area contributed by atoms with Crippen molar-refractivity contribution in [2.45, 2.75) is 26.2 Å². The molecule has 1 rings (SSSR count). The zero-order chi connectivity index (χ0) is 14.1. The quantitative estimate of drug-likeness (QED) is 0.621. The normalized spacial score (nSPS) is 9.95. The number of nitrogens with two attached hydrogens (primary N) is 1. The van der Waals surface area contributed by atoms with Gasteiger partial charge in [-0.3, -0.25) is 9.59 Å². The number of hydrogen-bond acceptors (Lipinski definition) is 3. The van der Waals surface area contributed by atoms with Crippen LogP contribution in [0.3, 0.4) is 0 Å². The molecule has 5 nitrogen and oxygen atoms in total. The van der Waals surface area contributed by atoms with E-state index in [2.05, 4.69) is 17.6 Å². The molecule has 104 valence electrons. The van der Waals surface area contributed by atoms with Crippen molar-refractivity contribution in [3.63, 3.8) is 0 Å². The number of nitrogens with one attached hydrogen (secondary N) is 2. The predicted octanol–water partition coefficient (Wildman–Crippen LogP) is 1.50. The van der Waals surface area contributed by atoms with Gasteiger partial charge in [-0.15, -0.1) is 0 Å². The maximum atomic E-state index is 11.8. The summed E-state index contributed by atoms with van der Waals surface area (Å²) in [5, 5.41) is 5.99. The molecule has 0 spiro atoms. The van der Waals surface area contributed by atoms with E-state index in [1.54, 1.807) is 12.1 Å². The smallest absolute Gasteiger partial charge is 0.251 e.